The van der Waals surface area contributed by atoms with Gasteiger partial charge in [0.05, 0.1) is 37.1 Å². The van der Waals surface area contributed by atoms with Crippen molar-refractivity contribution in [2.75, 3.05) is 20.3 Å². The zero-order valence-corrected chi connectivity index (χ0v) is 15.0. The van der Waals surface area contributed by atoms with Crippen molar-refractivity contribution in [3.8, 4) is 0 Å². The lowest BCUT2D eigenvalue weighted by Gasteiger charge is -2.43. The van der Waals surface area contributed by atoms with Gasteiger partial charge >= 0.3 is 5.97 Å². The molecule has 3 aliphatic rings. The van der Waals surface area contributed by atoms with Crippen molar-refractivity contribution in [3.05, 3.63) is 23.5 Å². The standard InChI is InChI=1S/C17H24O11/c1-25-8-2-6(3-18)10-11(8)7(15(23)24)5-26-16(10)28-17-14(22)13(21)12(20)9(4-19)27-17/h2,5,8-14,16-22H,3-4H2,1H3,(H,23,24)/t8-,9+,10-,11+,12+,13-,14+,16+,17-/m1/s1. The second-order valence-corrected chi connectivity index (χ2v) is 6.87. The average molecular weight is 404 g/mol. The molecule has 3 rings (SSSR count). The molecule has 11 heteroatoms. The van der Waals surface area contributed by atoms with Gasteiger partial charge in [-0.05, 0) is 5.57 Å². The molecule has 11 nitrogen and oxygen atoms in total. The van der Waals surface area contributed by atoms with Gasteiger partial charge in [0.15, 0.2) is 6.29 Å². The van der Waals surface area contributed by atoms with Crippen LogP contribution in [-0.2, 0) is 23.7 Å². The van der Waals surface area contributed by atoms with E-state index in [1.807, 2.05) is 0 Å². The molecule has 1 aliphatic carbocycles. The number of rotatable bonds is 6. The Morgan fingerprint density at radius 3 is 2.39 bits per heavy atom. The largest absolute Gasteiger partial charge is 0.478 e. The van der Waals surface area contributed by atoms with Crippen molar-refractivity contribution in [1.29, 1.82) is 0 Å². The van der Waals surface area contributed by atoms with Crippen molar-refractivity contribution < 1.29 is 54.4 Å². The monoisotopic (exact) mass is 404 g/mol. The molecule has 0 bridgehead atoms. The first-order valence-electron chi connectivity index (χ1n) is 8.73. The number of carbonyl (C=O) groups is 1. The van der Waals surface area contributed by atoms with Gasteiger partial charge in [-0.3, -0.25) is 0 Å². The van der Waals surface area contributed by atoms with Crippen LogP contribution in [0.25, 0.3) is 0 Å². The first-order valence-corrected chi connectivity index (χ1v) is 8.73. The molecule has 0 spiro atoms. The van der Waals surface area contributed by atoms with Crippen LogP contribution in [0.4, 0.5) is 0 Å². The van der Waals surface area contributed by atoms with E-state index in [2.05, 4.69) is 0 Å². The van der Waals surface area contributed by atoms with Gasteiger partial charge in [-0.15, -0.1) is 0 Å². The summed E-state index contributed by atoms with van der Waals surface area (Å²) in [6, 6.07) is 0. The highest BCUT2D eigenvalue weighted by Crippen LogP contribution is 2.45. The fourth-order valence-corrected chi connectivity index (χ4v) is 3.87. The number of methoxy groups -OCH3 is 1. The van der Waals surface area contributed by atoms with Gasteiger partial charge in [0.25, 0.3) is 0 Å². The number of hydrogen-bond donors (Lipinski definition) is 6. The predicted octanol–water partition coefficient (Wildman–Crippen LogP) is -2.69. The van der Waals surface area contributed by atoms with Gasteiger partial charge in [0, 0.05) is 13.0 Å². The molecule has 0 aromatic carbocycles. The summed E-state index contributed by atoms with van der Waals surface area (Å²) in [5.41, 5.74) is 0.364. The molecule has 2 heterocycles. The summed E-state index contributed by atoms with van der Waals surface area (Å²) < 4.78 is 21.7. The molecule has 0 aromatic rings. The Labute approximate surface area is 160 Å². The molecule has 0 amide bonds. The Morgan fingerprint density at radius 2 is 1.82 bits per heavy atom. The number of hydrogen-bond acceptors (Lipinski definition) is 10. The van der Waals surface area contributed by atoms with E-state index < -0.39 is 74.1 Å². The van der Waals surface area contributed by atoms with E-state index in [0.717, 1.165) is 6.26 Å². The van der Waals surface area contributed by atoms with Crippen molar-refractivity contribution in [2.45, 2.75) is 43.1 Å². The summed E-state index contributed by atoms with van der Waals surface area (Å²) in [5.74, 6) is -2.68. The third-order valence-electron chi connectivity index (χ3n) is 5.35. The number of carboxylic acids is 1. The Morgan fingerprint density at radius 1 is 1.11 bits per heavy atom. The summed E-state index contributed by atoms with van der Waals surface area (Å²) in [6.07, 6.45) is -6.68. The Bertz CT molecular complexity index is 645. The van der Waals surface area contributed by atoms with Gasteiger partial charge < -0.3 is 49.6 Å². The van der Waals surface area contributed by atoms with Crippen LogP contribution in [0.3, 0.4) is 0 Å². The van der Waals surface area contributed by atoms with Crippen LogP contribution in [-0.4, -0.2) is 100 Å². The van der Waals surface area contributed by atoms with Gasteiger partial charge in [0.2, 0.25) is 6.29 Å². The highest BCUT2D eigenvalue weighted by Gasteiger charge is 2.52. The van der Waals surface area contributed by atoms with Crippen molar-refractivity contribution in [3.63, 3.8) is 0 Å². The lowest BCUT2D eigenvalue weighted by Crippen LogP contribution is -2.60. The number of aliphatic hydroxyl groups is 5. The smallest absolute Gasteiger partial charge is 0.335 e. The second kappa shape index (κ2) is 8.43. The molecule has 0 unspecified atom stereocenters. The number of fused-ring (bicyclic) bond motifs is 1. The molecule has 28 heavy (non-hydrogen) atoms. The summed E-state index contributed by atoms with van der Waals surface area (Å²) in [4.78, 5) is 11.6. The molecule has 9 atom stereocenters. The van der Waals surface area contributed by atoms with Crippen molar-refractivity contribution >= 4 is 5.97 Å². The minimum absolute atomic E-state index is 0.0646. The number of carboxylic acid groups (broad SMARTS) is 1. The number of aliphatic hydroxyl groups excluding tert-OH is 5. The van der Waals surface area contributed by atoms with E-state index in [4.69, 9.17) is 18.9 Å². The summed E-state index contributed by atoms with van der Waals surface area (Å²) >= 11 is 0. The van der Waals surface area contributed by atoms with Crippen LogP contribution in [0.5, 0.6) is 0 Å². The first kappa shape index (κ1) is 21.1. The summed E-state index contributed by atoms with van der Waals surface area (Å²) in [6.45, 7) is -1.02. The summed E-state index contributed by atoms with van der Waals surface area (Å²) in [7, 11) is 1.40. The average Bonchev–Trinajstić information content (AvgIpc) is 3.07. The third kappa shape index (κ3) is 3.55. The van der Waals surface area contributed by atoms with E-state index >= 15 is 0 Å². The van der Waals surface area contributed by atoms with Gasteiger partial charge in [-0.1, -0.05) is 6.08 Å². The predicted molar refractivity (Wildman–Crippen MR) is 88.4 cm³/mol. The molecule has 158 valence electrons. The maximum atomic E-state index is 11.6. The zero-order chi connectivity index (χ0) is 20.6. The number of ether oxygens (including phenoxy) is 4. The lowest BCUT2D eigenvalue weighted by atomic mass is 9.82. The van der Waals surface area contributed by atoms with Gasteiger partial charge in [0.1, 0.15) is 24.4 Å². The molecule has 1 saturated heterocycles. The first-order chi connectivity index (χ1) is 13.3. The SMILES string of the molecule is CO[C@@H]1C=C(CO)[C@H]2[C@H](O[C@H]3O[C@@H](CO)[C@H](O)[C@@H](O)[C@@H]3O)OC=C(C(=O)O)[C@H]21. The highest BCUT2D eigenvalue weighted by molar-refractivity contribution is 5.87. The Balaban J connectivity index is 1.86. The van der Waals surface area contributed by atoms with Crippen LogP contribution in [0.1, 0.15) is 0 Å². The minimum atomic E-state index is -1.65. The Hall–Kier alpha value is -1.57. The topological polar surface area (TPSA) is 175 Å². The van der Waals surface area contributed by atoms with Crippen LogP contribution in [0.15, 0.2) is 23.5 Å². The van der Waals surface area contributed by atoms with Crippen molar-refractivity contribution in [1.82, 2.24) is 0 Å². The maximum Gasteiger partial charge on any atom is 0.335 e. The quantitative estimate of drug-likeness (QED) is 0.254. The fourth-order valence-electron chi connectivity index (χ4n) is 3.87. The zero-order valence-electron chi connectivity index (χ0n) is 15.0. The van der Waals surface area contributed by atoms with Crippen molar-refractivity contribution in [2.24, 2.45) is 11.8 Å². The van der Waals surface area contributed by atoms with Gasteiger partial charge in [-0.2, -0.15) is 0 Å². The fraction of sp³-hybridized carbons (Fsp3) is 0.706. The second-order valence-electron chi connectivity index (χ2n) is 6.87. The molecule has 2 aliphatic heterocycles. The molecule has 0 radical (unpaired) electrons. The molecule has 0 aromatic heterocycles. The normalized spacial score (nSPS) is 43.0. The Kier molecular flexibility index (Phi) is 6.37. The number of aliphatic carboxylic acids is 1. The molecule has 6 N–H and O–H groups in total. The van der Waals surface area contributed by atoms with Crippen LogP contribution < -0.4 is 0 Å². The van der Waals surface area contributed by atoms with E-state index in [1.54, 1.807) is 6.08 Å². The maximum absolute atomic E-state index is 11.6. The van der Waals surface area contributed by atoms with E-state index in [0.29, 0.717) is 5.57 Å². The molecular formula is C17H24O11. The van der Waals surface area contributed by atoms with E-state index in [1.165, 1.54) is 7.11 Å². The lowest BCUT2D eigenvalue weighted by molar-refractivity contribution is -0.340. The van der Waals surface area contributed by atoms with Crippen LogP contribution in [0, 0.1) is 11.8 Å². The van der Waals surface area contributed by atoms with Crippen LogP contribution >= 0.6 is 0 Å². The molecular weight excluding hydrogens is 380 g/mol. The third-order valence-corrected chi connectivity index (χ3v) is 5.35. The van der Waals surface area contributed by atoms with E-state index in [-0.39, 0.29) is 5.57 Å². The van der Waals surface area contributed by atoms with E-state index in [9.17, 15) is 35.4 Å². The van der Waals surface area contributed by atoms with Crippen LogP contribution in [0.2, 0.25) is 0 Å². The minimum Gasteiger partial charge on any atom is -0.478 e. The molecule has 0 saturated carbocycles. The highest BCUT2D eigenvalue weighted by atomic mass is 16.8. The van der Waals surface area contributed by atoms with Gasteiger partial charge in [-0.25, -0.2) is 4.79 Å². The molecule has 1 fully saturated rings. The summed E-state index contributed by atoms with van der Waals surface area (Å²) in [5, 5.41) is 58.3.